The van der Waals surface area contributed by atoms with Crippen LogP contribution in [0.15, 0.2) is 52.9 Å². The number of methoxy groups -OCH3 is 1. The van der Waals surface area contributed by atoms with Gasteiger partial charge in [0.1, 0.15) is 5.76 Å². The molecular weight excluding hydrogens is 465 g/mol. The molecule has 0 saturated carbocycles. The molecule has 1 fully saturated rings. The third-order valence-corrected chi connectivity index (χ3v) is 6.08. The molecule has 1 aromatic heterocycles. The minimum absolute atomic E-state index is 0.115. The van der Waals surface area contributed by atoms with Gasteiger partial charge in [-0.15, -0.1) is 0 Å². The van der Waals surface area contributed by atoms with Gasteiger partial charge in [-0.2, -0.15) is 0 Å². The largest absolute Gasteiger partial charge is 0.465 e. The molecule has 1 aliphatic rings. The van der Waals surface area contributed by atoms with Crippen LogP contribution in [0.25, 0.3) is 11.3 Å². The van der Waals surface area contributed by atoms with E-state index >= 15 is 0 Å². The predicted octanol–water partition coefficient (Wildman–Crippen LogP) is 5.04. The van der Waals surface area contributed by atoms with Crippen LogP contribution in [-0.4, -0.2) is 57.1 Å². The fourth-order valence-corrected chi connectivity index (χ4v) is 4.18. The zero-order valence-corrected chi connectivity index (χ0v) is 19.7. The number of halogens is 2. The van der Waals surface area contributed by atoms with Gasteiger partial charge in [0.25, 0.3) is 5.91 Å². The van der Waals surface area contributed by atoms with Gasteiger partial charge in [-0.05, 0) is 55.6 Å². The second kappa shape index (κ2) is 9.87. The lowest BCUT2D eigenvalue weighted by Gasteiger charge is -2.35. The number of likely N-dealkylation sites (N-methyl/N-ethyl adjacent to an activating group) is 1. The van der Waals surface area contributed by atoms with Gasteiger partial charge in [-0.25, -0.2) is 4.79 Å². The average molecular weight is 488 g/mol. The van der Waals surface area contributed by atoms with E-state index < -0.39 is 11.9 Å². The number of esters is 1. The molecule has 0 spiro atoms. The first kappa shape index (κ1) is 23.2. The van der Waals surface area contributed by atoms with Crippen molar-refractivity contribution in [1.82, 2.24) is 4.90 Å². The van der Waals surface area contributed by atoms with Gasteiger partial charge in [0.05, 0.1) is 29.1 Å². The number of nitrogens with zero attached hydrogens (tertiary/aromatic N) is 2. The maximum absolute atomic E-state index is 13.0. The van der Waals surface area contributed by atoms with Crippen LogP contribution in [0.2, 0.25) is 10.0 Å². The molecule has 1 N–H and O–H groups in total. The predicted molar refractivity (Wildman–Crippen MR) is 130 cm³/mol. The molecule has 1 saturated heterocycles. The summed E-state index contributed by atoms with van der Waals surface area (Å²) in [5.74, 6) is -0.356. The second-order valence-electron chi connectivity index (χ2n) is 7.76. The van der Waals surface area contributed by atoms with E-state index in [1.807, 2.05) is 6.07 Å². The Hall–Kier alpha value is -3.00. The molecule has 3 aromatic rings. The van der Waals surface area contributed by atoms with E-state index in [0.29, 0.717) is 32.6 Å². The van der Waals surface area contributed by atoms with E-state index in [2.05, 4.69) is 22.2 Å². The van der Waals surface area contributed by atoms with Gasteiger partial charge >= 0.3 is 5.97 Å². The average Bonchev–Trinajstić information content (AvgIpc) is 3.29. The third-order valence-electron chi connectivity index (χ3n) is 5.54. The summed E-state index contributed by atoms with van der Waals surface area (Å²) >= 11 is 12.2. The molecule has 0 bridgehead atoms. The SMILES string of the molecule is COC(=O)c1ccc(N2CCN(C)CC2)c(NC(=O)c2ccc(-c3ccc(Cl)cc3Cl)o2)c1. The molecule has 0 unspecified atom stereocenters. The number of piperazine rings is 1. The lowest BCUT2D eigenvalue weighted by Crippen LogP contribution is -2.44. The number of nitrogens with one attached hydrogen (secondary N) is 1. The highest BCUT2D eigenvalue weighted by Gasteiger charge is 2.21. The molecule has 172 valence electrons. The van der Waals surface area contributed by atoms with Gasteiger partial charge in [-0.1, -0.05) is 23.2 Å². The molecule has 7 nitrogen and oxygen atoms in total. The number of carbonyl (C=O) groups is 2. The molecule has 1 aliphatic heterocycles. The molecule has 33 heavy (non-hydrogen) atoms. The number of anilines is 2. The number of hydrogen-bond acceptors (Lipinski definition) is 6. The van der Waals surface area contributed by atoms with Crippen molar-refractivity contribution in [2.75, 3.05) is 50.6 Å². The van der Waals surface area contributed by atoms with Crippen LogP contribution in [0.4, 0.5) is 11.4 Å². The van der Waals surface area contributed by atoms with Crippen molar-refractivity contribution in [2.45, 2.75) is 0 Å². The minimum Gasteiger partial charge on any atom is -0.465 e. The highest BCUT2D eigenvalue weighted by atomic mass is 35.5. The summed E-state index contributed by atoms with van der Waals surface area (Å²) in [6, 6.07) is 13.4. The van der Waals surface area contributed by atoms with E-state index in [4.69, 9.17) is 32.4 Å². The Bertz CT molecular complexity index is 1190. The molecule has 4 rings (SSSR count). The van der Waals surface area contributed by atoms with Gasteiger partial charge in [0, 0.05) is 36.8 Å². The van der Waals surface area contributed by atoms with Gasteiger partial charge in [-0.3, -0.25) is 4.79 Å². The van der Waals surface area contributed by atoms with Crippen molar-refractivity contribution in [2.24, 2.45) is 0 Å². The quantitative estimate of drug-likeness (QED) is 0.507. The third kappa shape index (κ3) is 5.16. The summed E-state index contributed by atoms with van der Waals surface area (Å²) in [6.45, 7) is 3.40. The van der Waals surface area contributed by atoms with Crippen molar-refractivity contribution in [3.05, 3.63) is 69.9 Å². The maximum Gasteiger partial charge on any atom is 0.337 e. The van der Waals surface area contributed by atoms with Crippen molar-refractivity contribution < 1.29 is 18.7 Å². The smallest absolute Gasteiger partial charge is 0.337 e. The molecule has 9 heteroatoms. The highest BCUT2D eigenvalue weighted by molar-refractivity contribution is 6.36. The monoisotopic (exact) mass is 487 g/mol. The first-order chi connectivity index (χ1) is 15.9. The van der Waals surface area contributed by atoms with Crippen LogP contribution in [0.5, 0.6) is 0 Å². The topological polar surface area (TPSA) is 75.0 Å². The van der Waals surface area contributed by atoms with Crippen LogP contribution >= 0.6 is 23.2 Å². The molecule has 2 heterocycles. The van der Waals surface area contributed by atoms with E-state index in [1.165, 1.54) is 7.11 Å². The van der Waals surface area contributed by atoms with Crippen LogP contribution in [0.1, 0.15) is 20.9 Å². The minimum atomic E-state index is -0.479. The Labute approximate surface area is 201 Å². The maximum atomic E-state index is 13.0. The molecular formula is C24H23Cl2N3O4. The van der Waals surface area contributed by atoms with Gasteiger partial charge < -0.3 is 24.3 Å². The number of furan rings is 1. The zero-order chi connectivity index (χ0) is 23.5. The normalized spacial score (nSPS) is 14.2. The highest BCUT2D eigenvalue weighted by Crippen LogP contribution is 2.33. The summed E-state index contributed by atoms with van der Waals surface area (Å²) < 4.78 is 10.6. The number of ether oxygens (including phenoxy) is 1. The zero-order valence-electron chi connectivity index (χ0n) is 18.2. The lowest BCUT2D eigenvalue weighted by molar-refractivity contribution is 0.0600. The number of benzene rings is 2. The van der Waals surface area contributed by atoms with Crippen molar-refractivity contribution >= 4 is 46.5 Å². The second-order valence-corrected chi connectivity index (χ2v) is 8.60. The Morgan fingerprint density at radius 2 is 1.76 bits per heavy atom. The molecule has 2 aromatic carbocycles. The summed E-state index contributed by atoms with van der Waals surface area (Å²) in [4.78, 5) is 29.5. The van der Waals surface area contributed by atoms with E-state index in [0.717, 1.165) is 31.9 Å². The van der Waals surface area contributed by atoms with Crippen molar-refractivity contribution in [1.29, 1.82) is 0 Å². The molecule has 0 radical (unpaired) electrons. The first-order valence-corrected chi connectivity index (χ1v) is 11.1. The van der Waals surface area contributed by atoms with Crippen LogP contribution in [0.3, 0.4) is 0 Å². The summed E-state index contributed by atoms with van der Waals surface area (Å²) in [5, 5.41) is 3.83. The molecule has 1 amide bonds. The van der Waals surface area contributed by atoms with E-state index in [9.17, 15) is 9.59 Å². The fraction of sp³-hybridized carbons (Fsp3) is 0.250. The Morgan fingerprint density at radius 3 is 2.45 bits per heavy atom. The van der Waals surface area contributed by atoms with E-state index in [1.54, 1.807) is 42.5 Å². The van der Waals surface area contributed by atoms with Gasteiger partial charge in [0.15, 0.2) is 5.76 Å². The van der Waals surface area contributed by atoms with E-state index in [-0.39, 0.29) is 5.76 Å². The summed E-state index contributed by atoms with van der Waals surface area (Å²) in [7, 11) is 3.39. The van der Waals surface area contributed by atoms with Crippen LogP contribution in [-0.2, 0) is 4.74 Å². The summed E-state index contributed by atoms with van der Waals surface area (Å²) in [6.07, 6.45) is 0. The molecule has 0 aliphatic carbocycles. The summed E-state index contributed by atoms with van der Waals surface area (Å²) in [5.41, 5.74) is 2.32. The van der Waals surface area contributed by atoms with Crippen molar-refractivity contribution in [3.63, 3.8) is 0 Å². The van der Waals surface area contributed by atoms with Crippen LogP contribution in [0, 0.1) is 0 Å². The molecule has 0 atom stereocenters. The van der Waals surface area contributed by atoms with Crippen molar-refractivity contribution in [3.8, 4) is 11.3 Å². The Balaban J connectivity index is 1.61. The van der Waals surface area contributed by atoms with Crippen LogP contribution < -0.4 is 10.2 Å². The Morgan fingerprint density at radius 1 is 1.00 bits per heavy atom. The first-order valence-electron chi connectivity index (χ1n) is 10.4. The number of amides is 1. The Kier molecular flexibility index (Phi) is 6.93. The number of carbonyl (C=O) groups excluding carboxylic acids is 2. The lowest BCUT2D eigenvalue weighted by atomic mass is 10.1. The number of hydrogen-bond donors (Lipinski definition) is 1. The van der Waals surface area contributed by atoms with Gasteiger partial charge in [0.2, 0.25) is 0 Å². The standard InChI is InChI=1S/C24H23Cl2N3O4/c1-28-9-11-29(12-10-28)20-6-3-15(24(31)32-2)13-19(20)27-23(30)22-8-7-21(33-22)17-5-4-16(25)14-18(17)26/h3-8,13-14H,9-12H2,1-2H3,(H,27,30). The fourth-order valence-electron chi connectivity index (χ4n) is 3.68. The number of rotatable bonds is 5.